The molecule has 2 atom stereocenters. The highest BCUT2D eigenvalue weighted by atomic mass is 16.6. The quantitative estimate of drug-likeness (QED) is 0.0334. The second-order valence-electron chi connectivity index (χ2n) is 24.1. The highest BCUT2D eigenvalue weighted by molar-refractivity contribution is 5.71. The van der Waals surface area contributed by atoms with Crippen molar-refractivity contribution in [2.75, 3.05) is 26.4 Å². The van der Waals surface area contributed by atoms with Crippen molar-refractivity contribution in [3.63, 3.8) is 0 Å². The van der Waals surface area contributed by atoms with E-state index in [0.29, 0.717) is 25.7 Å². The van der Waals surface area contributed by atoms with Crippen molar-refractivity contribution in [2.45, 2.75) is 399 Å². The first-order valence-electron chi connectivity index (χ1n) is 35.1. The van der Waals surface area contributed by atoms with Crippen LogP contribution in [0.5, 0.6) is 0 Å². The lowest BCUT2D eigenvalue weighted by Gasteiger charge is -2.21. The standard InChI is InChI=1S/C70H134O9/c1-5-9-13-17-21-25-29-33-37-41-45-49-53-57-67(71)76-63-65(78-69(73)59-55-51-47-43-39-35-31-27-23-19-15-11-7-3)61-75-62-66(79-70(74)60-56-52-48-44-40-36-32-28-24-20-16-12-8-4)64-77-68(72)58-54-50-46-42-38-34-30-26-22-18-14-10-6-2/h65-66H,5-64H2,1-4H3/t65-,66-/m0/s1. The molecule has 0 rings (SSSR count). The fourth-order valence-corrected chi connectivity index (χ4v) is 10.7. The molecule has 0 saturated carbocycles. The molecule has 0 radical (unpaired) electrons. The molecule has 0 aromatic carbocycles. The third kappa shape index (κ3) is 61.7. The second kappa shape index (κ2) is 65.0. The van der Waals surface area contributed by atoms with Gasteiger partial charge in [-0.2, -0.15) is 0 Å². The smallest absolute Gasteiger partial charge is 0.306 e. The van der Waals surface area contributed by atoms with Crippen molar-refractivity contribution >= 4 is 23.9 Å². The Morgan fingerprint density at radius 2 is 0.380 bits per heavy atom. The minimum atomic E-state index is -0.801. The van der Waals surface area contributed by atoms with Crippen molar-refractivity contribution in [3.8, 4) is 0 Å². The van der Waals surface area contributed by atoms with E-state index in [2.05, 4.69) is 27.7 Å². The fourth-order valence-electron chi connectivity index (χ4n) is 10.7. The molecule has 0 aromatic heterocycles. The third-order valence-corrected chi connectivity index (χ3v) is 16.0. The van der Waals surface area contributed by atoms with E-state index in [0.717, 1.165) is 77.0 Å². The van der Waals surface area contributed by atoms with Crippen molar-refractivity contribution in [2.24, 2.45) is 0 Å². The Hall–Kier alpha value is -2.16. The van der Waals surface area contributed by atoms with Crippen LogP contribution < -0.4 is 0 Å². The van der Waals surface area contributed by atoms with Crippen molar-refractivity contribution in [3.05, 3.63) is 0 Å². The number of rotatable bonds is 66. The van der Waals surface area contributed by atoms with Crippen LogP contribution in [0.2, 0.25) is 0 Å². The van der Waals surface area contributed by atoms with E-state index in [1.807, 2.05) is 0 Å². The van der Waals surface area contributed by atoms with Crippen LogP contribution in [0, 0.1) is 0 Å². The molecule has 0 aliphatic carbocycles. The van der Waals surface area contributed by atoms with Crippen LogP contribution in [0.15, 0.2) is 0 Å². The van der Waals surface area contributed by atoms with Gasteiger partial charge in [-0.25, -0.2) is 0 Å². The minimum absolute atomic E-state index is 0.0316. The molecule has 0 heterocycles. The van der Waals surface area contributed by atoms with Gasteiger partial charge in [-0.1, -0.05) is 336 Å². The van der Waals surface area contributed by atoms with E-state index in [-0.39, 0.29) is 50.3 Å². The lowest BCUT2D eigenvalue weighted by atomic mass is 10.0. The predicted octanol–water partition coefficient (Wildman–Crippen LogP) is 21.8. The number of unbranched alkanes of at least 4 members (excludes halogenated alkanes) is 48. The predicted molar refractivity (Wildman–Crippen MR) is 334 cm³/mol. The Labute approximate surface area is 490 Å². The highest BCUT2D eigenvalue weighted by Gasteiger charge is 2.22. The summed E-state index contributed by atoms with van der Waals surface area (Å²) in [4.78, 5) is 52.2. The number of carbonyl (C=O) groups excluding carboxylic acids is 4. The van der Waals surface area contributed by atoms with E-state index >= 15 is 0 Å². The first kappa shape index (κ1) is 76.8. The molecular formula is C70H134O9. The molecule has 9 heteroatoms. The second-order valence-corrected chi connectivity index (χ2v) is 24.1. The maximum atomic E-state index is 13.2. The van der Waals surface area contributed by atoms with Gasteiger partial charge >= 0.3 is 23.9 Å². The summed E-state index contributed by atoms with van der Waals surface area (Å²) < 4.78 is 29.3. The maximum absolute atomic E-state index is 13.2. The zero-order chi connectivity index (χ0) is 57.4. The lowest BCUT2D eigenvalue weighted by molar-refractivity contribution is -0.169. The molecule has 0 aliphatic rings. The van der Waals surface area contributed by atoms with E-state index in [1.165, 1.54) is 257 Å². The van der Waals surface area contributed by atoms with Gasteiger partial charge in [-0.05, 0) is 25.7 Å². The van der Waals surface area contributed by atoms with Gasteiger partial charge in [0.25, 0.3) is 0 Å². The average Bonchev–Trinajstić information content (AvgIpc) is 3.44. The average molecular weight is 1120 g/mol. The minimum Gasteiger partial charge on any atom is -0.462 e. The Kier molecular flexibility index (Phi) is 63.2. The topological polar surface area (TPSA) is 114 Å². The van der Waals surface area contributed by atoms with Crippen molar-refractivity contribution in [1.82, 2.24) is 0 Å². The molecule has 9 nitrogen and oxygen atoms in total. The highest BCUT2D eigenvalue weighted by Crippen LogP contribution is 2.18. The van der Waals surface area contributed by atoms with Gasteiger partial charge in [-0.3, -0.25) is 19.2 Å². The summed E-state index contributed by atoms with van der Waals surface area (Å²) >= 11 is 0. The normalized spacial score (nSPS) is 12.2. The van der Waals surface area contributed by atoms with Crippen molar-refractivity contribution < 1.29 is 42.9 Å². The summed E-state index contributed by atoms with van der Waals surface area (Å²) in [5, 5.41) is 0. The summed E-state index contributed by atoms with van der Waals surface area (Å²) in [6.07, 6.45) is 63.8. The molecule has 79 heavy (non-hydrogen) atoms. The summed E-state index contributed by atoms with van der Waals surface area (Å²) in [6, 6.07) is 0. The molecule has 0 bridgehead atoms. The Bertz CT molecular complexity index is 1180. The molecular weight excluding hydrogens is 985 g/mol. The molecule has 0 N–H and O–H groups in total. The third-order valence-electron chi connectivity index (χ3n) is 16.0. The molecule has 0 spiro atoms. The monoisotopic (exact) mass is 1120 g/mol. The van der Waals surface area contributed by atoms with Gasteiger partial charge in [0.2, 0.25) is 0 Å². The van der Waals surface area contributed by atoms with Crippen LogP contribution in [-0.4, -0.2) is 62.5 Å². The maximum Gasteiger partial charge on any atom is 0.306 e. The molecule has 0 saturated heterocycles. The molecule has 468 valence electrons. The van der Waals surface area contributed by atoms with Crippen LogP contribution >= 0.6 is 0 Å². The van der Waals surface area contributed by atoms with Crippen LogP contribution in [0.4, 0.5) is 0 Å². The van der Waals surface area contributed by atoms with E-state index in [4.69, 9.17) is 23.7 Å². The van der Waals surface area contributed by atoms with Gasteiger partial charge < -0.3 is 23.7 Å². The van der Waals surface area contributed by atoms with Crippen LogP contribution in [0.25, 0.3) is 0 Å². The Morgan fingerprint density at radius 3 is 0.570 bits per heavy atom. The first-order valence-corrected chi connectivity index (χ1v) is 35.1. The number of ether oxygens (including phenoxy) is 5. The summed E-state index contributed by atoms with van der Waals surface area (Å²) in [6.45, 7) is 8.80. The fraction of sp³-hybridized carbons (Fsp3) is 0.943. The number of hydrogen-bond acceptors (Lipinski definition) is 9. The van der Waals surface area contributed by atoms with Crippen LogP contribution in [-0.2, 0) is 42.9 Å². The number of carbonyl (C=O) groups is 4. The van der Waals surface area contributed by atoms with E-state index in [9.17, 15) is 19.2 Å². The molecule has 0 aliphatic heterocycles. The molecule has 0 amide bonds. The largest absolute Gasteiger partial charge is 0.462 e. The Balaban J connectivity index is 5.19. The first-order chi connectivity index (χ1) is 38.9. The SMILES string of the molecule is CCCCCCCCCCCCCCCC(=O)OC[C@H](COC[C@@H](COC(=O)CCCCCCCCCCCCCCC)OC(=O)CCCCCCCCCCCCCCC)OC(=O)CCCCCCCCCCCCCCC. The van der Waals surface area contributed by atoms with Crippen molar-refractivity contribution in [1.29, 1.82) is 0 Å². The molecule has 0 aromatic rings. The van der Waals surface area contributed by atoms with Gasteiger partial charge in [0, 0.05) is 25.7 Å². The van der Waals surface area contributed by atoms with Gasteiger partial charge in [-0.15, -0.1) is 0 Å². The van der Waals surface area contributed by atoms with Gasteiger partial charge in [0.05, 0.1) is 13.2 Å². The van der Waals surface area contributed by atoms with E-state index < -0.39 is 12.2 Å². The number of esters is 4. The zero-order valence-electron chi connectivity index (χ0n) is 53.3. The summed E-state index contributed by atoms with van der Waals surface area (Å²) in [5.74, 6) is -1.24. The summed E-state index contributed by atoms with van der Waals surface area (Å²) in [5.41, 5.74) is 0. The number of hydrogen-bond donors (Lipinski definition) is 0. The van der Waals surface area contributed by atoms with Gasteiger partial charge in [0.15, 0.2) is 12.2 Å². The van der Waals surface area contributed by atoms with Crippen LogP contribution in [0.1, 0.15) is 387 Å². The molecule has 0 fully saturated rings. The zero-order valence-corrected chi connectivity index (χ0v) is 53.3. The lowest BCUT2D eigenvalue weighted by Crippen LogP contribution is -2.34. The van der Waals surface area contributed by atoms with E-state index in [1.54, 1.807) is 0 Å². The summed E-state index contributed by atoms with van der Waals surface area (Å²) in [7, 11) is 0. The van der Waals surface area contributed by atoms with Crippen LogP contribution in [0.3, 0.4) is 0 Å². The Morgan fingerprint density at radius 1 is 0.215 bits per heavy atom. The molecule has 0 unspecified atom stereocenters. The van der Waals surface area contributed by atoms with Gasteiger partial charge in [0.1, 0.15) is 13.2 Å².